The third-order valence-corrected chi connectivity index (χ3v) is 3.81. The highest BCUT2D eigenvalue weighted by atomic mass is 79.9. The van der Waals surface area contributed by atoms with Crippen LogP contribution in [0.5, 0.6) is 0 Å². The number of aryl methyl sites for hydroxylation is 1. The van der Waals surface area contributed by atoms with Crippen molar-refractivity contribution >= 4 is 15.9 Å². The van der Waals surface area contributed by atoms with Crippen molar-refractivity contribution in [3.63, 3.8) is 0 Å². The topological polar surface area (TPSA) is 0 Å². The SMILES string of the molecule is CCCCCc1ccc(-c2ccc(Br)cc2)cc1F. The summed E-state index contributed by atoms with van der Waals surface area (Å²) < 4.78 is 15.1. The van der Waals surface area contributed by atoms with Gasteiger partial charge in [-0.25, -0.2) is 4.39 Å². The van der Waals surface area contributed by atoms with E-state index in [9.17, 15) is 4.39 Å². The summed E-state index contributed by atoms with van der Waals surface area (Å²) in [4.78, 5) is 0. The molecule has 0 saturated carbocycles. The Labute approximate surface area is 122 Å². The Morgan fingerprint density at radius 2 is 1.63 bits per heavy atom. The maximum absolute atomic E-state index is 14.0. The lowest BCUT2D eigenvalue weighted by molar-refractivity contribution is 0.599. The largest absolute Gasteiger partial charge is 0.207 e. The maximum atomic E-state index is 14.0. The van der Waals surface area contributed by atoms with Crippen LogP contribution in [0.1, 0.15) is 31.7 Å². The fourth-order valence-corrected chi connectivity index (χ4v) is 2.40. The molecule has 0 amide bonds. The molecule has 0 radical (unpaired) electrons. The van der Waals surface area contributed by atoms with E-state index in [2.05, 4.69) is 22.9 Å². The van der Waals surface area contributed by atoms with Crippen molar-refractivity contribution in [1.29, 1.82) is 0 Å². The summed E-state index contributed by atoms with van der Waals surface area (Å²) in [5.41, 5.74) is 2.81. The normalized spacial score (nSPS) is 10.7. The Bertz CT molecular complexity index is 531. The highest BCUT2D eigenvalue weighted by Gasteiger charge is 2.05. The molecule has 0 spiro atoms. The molecule has 100 valence electrons. The van der Waals surface area contributed by atoms with Crippen LogP contribution >= 0.6 is 15.9 Å². The molecule has 0 aromatic heterocycles. The minimum atomic E-state index is -0.0866. The van der Waals surface area contributed by atoms with E-state index in [1.54, 1.807) is 6.07 Å². The summed E-state index contributed by atoms with van der Waals surface area (Å²) >= 11 is 3.41. The molecule has 0 unspecified atom stereocenters. The van der Waals surface area contributed by atoms with Crippen molar-refractivity contribution < 1.29 is 4.39 Å². The lowest BCUT2D eigenvalue weighted by atomic mass is 10.0. The second-order valence-corrected chi connectivity index (χ2v) is 5.69. The van der Waals surface area contributed by atoms with Crippen LogP contribution in [-0.4, -0.2) is 0 Å². The Kier molecular flexibility index (Phi) is 5.15. The van der Waals surface area contributed by atoms with Crippen LogP contribution in [0, 0.1) is 5.82 Å². The minimum Gasteiger partial charge on any atom is -0.207 e. The van der Waals surface area contributed by atoms with Gasteiger partial charge in [-0.3, -0.25) is 0 Å². The van der Waals surface area contributed by atoms with E-state index in [1.807, 2.05) is 36.4 Å². The first-order valence-electron chi connectivity index (χ1n) is 6.75. The second-order valence-electron chi connectivity index (χ2n) is 4.77. The van der Waals surface area contributed by atoms with Gasteiger partial charge in [-0.05, 0) is 47.7 Å². The van der Waals surface area contributed by atoms with E-state index >= 15 is 0 Å². The van der Waals surface area contributed by atoms with E-state index in [0.29, 0.717) is 0 Å². The monoisotopic (exact) mass is 320 g/mol. The van der Waals surface area contributed by atoms with Gasteiger partial charge in [-0.15, -0.1) is 0 Å². The molecule has 0 fully saturated rings. The van der Waals surface area contributed by atoms with Gasteiger partial charge in [0.1, 0.15) is 5.82 Å². The van der Waals surface area contributed by atoms with E-state index in [0.717, 1.165) is 40.4 Å². The molecule has 2 aromatic carbocycles. The molecule has 0 heterocycles. The third kappa shape index (κ3) is 3.90. The number of unbranched alkanes of at least 4 members (excludes halogenated alkanes) is 2. The summed E-state index contributed by atoms with van der Waals surface area (Å²) in [5, 5.41) is 0. The van der Waals surface area contributed by atoms with E-state index in [1.165, 1.54) is 6.42 Å². The van der Waals surface area contributed by atoms with Crippen molar-refractivity contribution in [1.82, 2.24) is 0 Å². The zero-order valence-electron chi connectivity index (χ0n) is 11.1. The van der Waals surface area contributed by atoms with Crippen molar-refractivity contribution in [2.75, 3.05) is 0 Å². The molecule has 0 bridgehead atoms. The Morgan fingerprint density at radius 1 is 0.947 bits per heavy atom. The van der Waals surface area contributed by atoms with Gasteiger partial charge in [0.2, 0.25) is 0 Å². The quantitative estimate of drug-likeness (QED) is 0.594. The van der Waals surface area contributed by atoms with Crippen LogP contribution in [0.3, 0.4) is 0 Å². The summed E-state index contributed by atoms with van der Waals surface area (Å²) in [6.45, 7) is 2.16. The van der Waals surface area contributed by atoms with Gasteiger partial charge in [-0.2, -0.15) is 0 Å². The molecule has 2 aromatic rings. The predicted molar refractivity (Wildman–Crippen MR) is 82.8 cm³/mol. The predicted octanol–water partition coefficient (Wildman–Crippen LogP) is 5.99. The van der Waals surface area contributed by atoms with E-state index in [-0.39, 0.29) is 5.82 Å². The fourth-order valence-electron chi connectivity index (χ4n) is 2.14. The standard InChI is InChI=1S/C17H18BrF/c1-2-3-4-5-14-6-7-15(12-17(14)19)13-8-10-16(18)11-9-13/h6-12H,2-5H2,1H3. The molecule has 0 nitrogen and oxygen atoms in total. The average Bonchev–Trinajstić information content (AvgIpc) is 2.42. The second kappa shape index (κ2) is 6.85. The van der Waals surface area contributed by atoms with E-state index in [4.69, 9.17) is 0 Å². The number of benzene rings is 2. The third-order valence-electron chi connectivity index (χ3n) is 3.28. The molecule has 0 aliphatic rings. The molecule has 0 aliphatic carbocycles. The summed E-state index contributed by atoms with van der Waals surface area (Å²) in [6.07, 6.45) is 4.22. The molecule has 2 rings (SSSR count). The summed E-state index contributed by atoms with van der Waals surface area (Å²) in [7, 11) is 0. The van der Waals surface area contributed by atoms with Crippen LogP contribution in [-0.2, 0) is 6.42 Å². The highest BCUT2D eigenvalue weighted by Crippen LogP contribution is 2.24. The van der Waals surface area contributed by atoms with Crippen LogP contribution in [0.25, 0.3) is 11.1 Å². The number of halogens is 2. The van der Waals surface area contributed by atoms with Gasteiger partial charge in [-0.1, -0.05) is 60.0 Å². The zero-order chi connectivity index (χ0) is 13.7. The molecule has 2 heteroatoms. The highest BCUT2D eigenvalue weighted by molar-refractivity contribution is 9.10. The van der Waals surface area contributed by atoms with E-state index < -0.39 is 0 Å². The molecule has 0 atom stereocenters. The van der Waals surface area contributed by atoms with Gasteiger partial charge in [0.05, 0.1) is 0 Å². The summed E-state index contributed by atoms with van der Waals surface area (Å²) in [6, 6.07) is 13.5. The first-order valence-corrected chi connectivity index (χ1v) is 7.54. The van der Waals surface area contributed by atoms with Crippen molar-refractivity contribution in [2.45, 2.75) is 32.6 Å². The molecule has 0 N–H and O–H groups in total. The molecule has 19 heavy (non-hydrogen) atoms. The van der Waals surface area contributed by atoms with Crippen LogP contribution in [0.2, 0.25) is 0 Å². The molecule has 0 saturated heterocycles. The molecule has 0 aliphatic heterocycles. The van der Waals surface area contributed by atoms with Crippen LogP contribution < -0.4 is 0 Å². The smallest absolute Gasteiger partial charge is 0.127 e. The zero-order valence-corrected chi connectivity index (χ0v) is 12.7. The van der Waals surface area contributed by atoms with Crippen LogP contribution in [0.15, 0.2) is 46.9 Å². The van der Waals surface area contributed by atoms with Gasteiger partial charge in [0.15, 0.2) is 0 Å². The Hall–Kier alpha value is -1.15. The first kappa shape index (κ1) is 14.3. The van der Waals surface area contributed by atoms with Gasteiger partial charge >= 0.3 is 0 Å². The van der Waals surface area contributed by atoms with Gasteiger partial charge in [0, 0.05) is 4.47 Å². The Balaban J connectivity index is 2.16. The van der Waals surface area contributed by atoms with Gasteiger partial charge in [0.25, 0.3) is 0 Å². The average molecular weight is 321 g/mol. The first-order chi connectivity index (χ1) is 9.20. The number of hydrogen-bond donors (Lipinski definition) is 0. The number of rotatable bonds is 5. The van der Waals surface area contributed by atoms with Crippen molar-refractivity contribution in [3.05, 3.63) is 58.3 Å². The lowest BCUT2D eigenvalue weighted by Gasteiger charge is -2.06. The van der Waals surface area contributed by atoms with Gasteiger partial charge < -0.3 is 0 Å². The maximum Gasteiger partial charge on any atom is 0.127 e. The Morgan fingerprint density at radius 3 is 2.26 bits per heavy atom. The molecular weight excluding hydrogens is 303 g/mol. The minimum absolute atomic E-state index is 0.0866. The summed E-state index contributed by atoms with van der Waals surface area (Å²) in [5.74, 6) is -0.0866. The fraction of sp³-hybridized carbons (Fsp3) is 0.294. The number of hydrogen-bond acceptors (Lipinski definition) is 0. The van der Waals surface area contributed by atoms with Crippen molar-refractivity contribution in [2.24, 2.45) is 0 Å². The van der Waals surface area contributed by atoms with Crippen molar-refractivity contribution in [3.8, 4) is 11.1 Å². The van der Waals surface area contributed by atoms with Crippen LogP contribution in [0.4, 0.5) is 4.39 Å². The lowest BCUT2D eigenvalue weighted by Crippen LogP contribution is -1.92. The molecular formula is C17H18BrF.